The second kappa shape index (κ2) is 9.01. The van der Waals surface area contributed by atoms with Gasteiger partial charge in [0.15, 0.2) is 5.82 Å². The fourth-order valence-corrected chi connectivity index (χ4v) is 4.84. The third-order valence-electron chi connectivity index (χ3n) is 6.51. The predicted octanol–water partition coefficient (Wildman–Crippen LogP) is 3.75. The van der Waals surface area contributed by atoms with Crippen LogP contribution in [0.4, 0.5) is 10.6 Å². The molecule has 34 heavy (non-hydrogen) atoms. The van der Waals surface area contributed by atoms with Gasteiger partial charge in [0.1, 0.15) is 12.3 Å². The standard InChI is InChI=1S/C25H24N4O5/c30-23(26-15-10-9-14(11-15)24(31)32)21-12-22(29-28-21)27-25(33)34-13-20-18-7-3-1-5-16(18)17-6-2-4-8-19(17)20/h1-8,12,14-15,20H,9-11,13H2,(H,26,30)(H,31,32)(H2,27,28,29,33). The summed E-state index contributed by atoms with van der Waals surface area (Å²) in [5.74, 6) is -1.56. The normalized spacial score (nSPS) is 18.7. The van der Waals surface area contributed by atoms with E-state index < -0.39 is 23.9 Å². The van der Waals surface area contributed by atoms with Crippen molar-refractivity contribution < 1.29 is 24.2 Å². The molecule has 5 rings (SSSR count). The van der Waals surface area contributed by atoms with Gasteiger partial charge in [0.2, 0.25) is 0 Å². The van der Waals surface area contributed by atoms with E-state index in [-0.39, 0.29) is 30.1 Å². The van der Waals surface area contributed by atoms with E-state index in [2.05, 4.69) is 33.0 Å². The highest BCUT2D eigenvalue weighted by Gasteiger charge is 2.31. The lowest BCUT2D eigenvalue weighted by molar-refractivity contribution is -0.141. The molecule has 2 amide bonds. The zero-order valence-electron chi connectivity index (χ0n) is 18.3. The molecule has 0 bridgehead atoms. The molecule has 2 aliphatic carbocycles. The highest BCUT2D eigenvalue weighted by atomic mass is 16.5. The molecule has 2 aliphatic rings. The van der Waals surface area contributed by atoms with Crippen molar-refractivity contribution >= 4 is 23.8 Å². The van der Waals surface area contributed by atoms with E-state index in [9.17, 15) is 14.4 Å². The first-order chi connectivity index (χ1) is 16.5. The summed E-state index contributed by atoms with van der Waals surface area (Å²) in [6.07, 6.45) is 0.889. The number of amides is 2. The summed E-state index contributed by atoms with van der Waals surface area (Å²) in [6.45, 7) is 0.171. The first-order valence-corrected chi connectivity index (χ1v) is 11.2. The van der Waals surface area contributed by atoms with E-state index in [0.29, 0.717) is 19.3 Å². The minimum atomic E-state index is -0.840. The third kappa shape index (κ3) is 4.24. The minimum absolute atomic E-state index is 0.0558. The molecule has 2 aromatic carbocycles. The molecular formula is C25H24N4O5. The van der Waals surface area contributed by atoms with E-state index in [1.165, 1.54) is 6.07 Å². The van der Waals surface area contributed by atoms with Crippen molar-refractivity contribution in [3.63, 3.8) is 0 Å². The highest BCUT2D eigenvalue weighted by molar-refractivity contribution is 5.94. The number of ether oxygens (including phenoxy) is 1. The van der Waals surface area contributed by atoms with Gasteiger partial charge < -0.3 is 15.2 Å². The summed E-state index contributed by atoms with van der Waals surface area (Å²) in [4.78, 5) is 35.9. The number of fused-ring (bicyclic) bond motifs is 3. The number of carbonyl (C=O) groups excluding carboxylic acids is 2. The molecule has 1 saturated carbocycles. The largest absolute Gasteiger partial charge is 0.481 e. The Morgan fingerprint density at radius 1 is 1.03 bits per heavy atom. The van der Waals surface area contributed by atoms with Crippen LogP contribution in [0.15, 0.2) is 54.6 Å². The van der Waals surface area contributed by atoms with Gasteiger partial charge in [-0.3, -0.25) is 20.0 Å². The number of nitrogens with one attached hydrogen (secondary N) is 3. The monoisotopic (exact) mass is 460 g/mol. The van der Waals surface area contributed by atoms with Crippen molar-refractivity contribution in [2.24, 2.45) is 5.92 Å². The second-order valence-electron chi connectivity index (χ2n) is 8.64. The molecule has 3 aromatic rings. The number of benzene rings is 2. The third-order valence-corrected chi connectivity index (χ3v) is 6.51. The van der Waals surface area contributed by atoms with E-state index in [1.807, 2.05) is 36.4 Å². The maximum atomic E-state index is 12.4. The van der Waals surface area contributed by atoms with Crippen LogP contribution in [0.5, 0.6) is 0 Å². The minimum Gasteiger partial charge on any atom is -0.481 e. The lowest BCUT2D eigenvalue weighted by Crippen LogP contribution is -2.33. The van der Waals surface area contributed by atoms with Crippen molar-refractivity contribution in [1.82, 2.24) is 15.5 Å². The number of rotatable bonds is 6. The maximum Gasteiger partial charge on any atom is 0.412 e. The number of nitrogens with zero attached hydrogens (tertiary/aromatic N) is 1. The van der Waals surface area contributed by atoms with Gasteiger partial charge in [0.25, 0.3) is 5.91 Å². The number of H-pyrrole nitrogens is 1. The van der Waals surface area contributed by atoms with E-state index in [1.54, 1.807) is 0 Å². The summed E-state index contributed by atoms with van der Waals surface area (Å²) in [5.41, 5.74) is 4.70. The quantitative estimate of drug-likeness (QED) is 0.443. The van der Waals surface area contributed by atoms with Gasteiger partial charge in [-0.15, -0.1) is 0 Å². The average molecular weight is 460 g/mol. The highest BCUT2D eigenvalue weighted by Crippen LogP contribution is 2.44. The summed E-state index contributed by atoms with van der Waals surface area (Å²) < 4.78 is 5.50. The van der Waals surface area contributed by atoms with Crippen molar-refractivity contribution in [3.05, 3.63) is 71.4 Å². The zero-order valence-corrected chi connectivity index (χ0v) is 18.3. The second-order valence-corrected chi connectivity index (χ2v) is 8.64. The number of anilines is 1. The molecule has 1 heterocycles. The van der Waals surface area contributed by atoms with E-state index in [0.717, 1.165) is 22.3 Å². The first kappa shape index (κ1) is 21.7. The number of aliphatic carboxylic acids is 1. The Hall–Kier alpha value is -4.14. The van der Waals surface area contributed by atoms with Crippen LogP contribution >= 0.6 is 0 Å². The number of hydrogen-bond acceptors (Lipinski definition) is 5. The van der Waals surface area contributed by atoms with Gasteiger partial charge in [0.05, 0.1) is 5.92 Å². The van der Waals surface area contributed by atoms with Crippen LogP contribution in [0.1, 0.15) is 46.8 Å². The topological polar surface area (TPSA) is 133 Å². The lowest BCUT2D eigenvalue weighted by atomic mass is 9.98. The molecule has 174 valence electrons. The molecule has 0 saturated heterocycles. The summed E-state index contributed by atoms with van der Waals surface area (Å²) in [7, 11) is 0. The number of hydrogen-bond donors (Lipinski definition) is 4. The molecule has 0 radical (unpaired) electrons. The maximum absolute atomic E-state index is 12.4. The Labute approximate surface area is 195 Å². The molecule has 9 heteroatoms. The summed E-state index contributed by atoms with van der Waals surface area (Å²) >= 11 is 0. The molecule has 0 spiro atoms. The van der Waals surface area contributed by atoms with Gasteiger partial charge >= 0.3 is 12.1 Å². The fourth-order valence-electron chi connectivity index (χ4n) is 4.84. The molecule has 1 aromatic heterocycles. The van der Waals surface area contributed by atoms with Crippen LogP contribution in [0.3, 0.4) is 0 Å². The van der Waals surface area contributed by atoms with Gasteiger partial charge in [-0.2, -0.15) is 5.10 Å². The molecule has 2 atom stereocenters. The molecule has 1 fully saturated rings. The smallest absolute Gasteiger partial charge is 0.412 e. The van der Waals surface area contributed by atoms with Gasteiger partial charge in [-0.1, -0.05) is 48.5 Å². The lowest BCUT2D eigenvalue weighted by Gasteiger charge is -2.14. The number of carboxylic acids is 1. The van der Waals surface area contributed by atoms with Gasteiger partial charge in [0, 0.05) is 18.0 Å². The Kier molecular flexibility index (Phi) is 5.75. The SMILES string of the molecule is O=C(Nc1cc(C(=O)NC2CCC(C(=O)O)C2)[nH]n1)OCC1c2ccccc2-c2ccccc21. The van der Waals surface area contributed by atoms with Crippen molar-refractivity contribution in [1.29, 1.82) is 0 Å². The summed E-state index contributed by atoms with van der Waals surface area (Å²) in [6, 6.07) is 17.4. The van der Waals surface area contributed by atoms with Crippen LogP contribution in [-0.2, 0) is 9.53 Å². The van der Waals surface area contributed by atoms with Crippen LogP contribution in [0.25, 0.3) is 11.1 Å². The Bertz CT molecular complexity index is 1210. The number of carboxylic acid groups (broad SMARTS) is 1. The number of aromatic amines is 1. The van der Waals surface area contributed by atoms with Crippen LogP contribution in [-0.4, -0.2) is 45.9 Å². The van der Waals surface area contributed by atoms with Gasteiger partial charge in [-0.25, -0.2) is 4.79 Å². The van der Waals surface area contributed by atoms with Crippen LogP contribution in [0.2, 0.25) is 0 Å². The Morgan fingerprint density at radius 2 is 1.71 bits per heavy atom. The number of aromatic nitrogens is 2. The molecular weight excluding hydrogens is 436 g/mol. The molecule has 4 N–H and O–H groups in total. The van der Waals surface area contributed by atoms with E-state index >= 15 is 0 Å². The fraction of sp³-hybridized carbons (Fsp3) is 0.280. The van der Waals surface area contributed by atoms with Crippen molar-refractivity contribution in [2.75, 3.05) is 11.9 Å². The van der Waals surface area contributed by atoms with Crippen LogP contribution in [0, 0.1) is 5.92 Å². The van der Waals surface area contributed by atoms with Crippen molar-refractivity contribution in [2.45, 2.75) is 31.2 Å². The molecule has 9 nitrogen and oxygen atoms in total. The van der Waals surface area contributed by atoms with E-state index in [4.69, 9.17) is 9.84 Å². The first-order valence-electron chi connectivity index (χ1n) is 11.2. The summed E-state index contributed by atoms with van der Waals surface area (Å²) in [5, 5.41) is 21.0. The Morgan fingerprint density at radius 3 is 2.35 bits per heavy atom. The molecule has 0 aliphatic heterocycles. The number of carbonyl (C=O) groups is 3. The van der Waals surface area contributed by atoms with Crippen LogP contribution < -0.4 is 10.6 Å². The average Bonchev–Trinajstić information content (AvgIpc) is 3.56. The van der Waals surface area contributed by atoms with Gasteiger partial charge in [-0.05, 0) is 41.5 Å². The zero-order chi connectivity index (χ0) is 23.7. The molecule has 2 unspecified atom stereocenters. The predicted molar refractivity (Wildman–Crippen MR) is 124 cm³/mol. The van der Waals surface area contributed by atoms with Crippen molar-refractivity contribution in [3.8, 4) is 11.1 Å². The Balaban J connectivity index is 1.17.